The van der Waals surface area contributed by atoms with Crippen LogP contribution in [-0.4, -0.2) is 21.4 Å². The fourth-order valence-electron chi connectivity index (χ4n) is 2.39. The number of nitrogens with zero attached hydrogens (tertiary/aromatic N) is 1. The molecule has 5 nitrogen and oxygen atoms in total. The second kappa shape index (κ2) is 7.05. The highest BCUT2D eigenvalue weighted by atomic mass is 32.2. The smallest absolute Gasteiger partial charge is 0.271 e. The maximum atomic E-state index is 12.9. The Balaban J connectivity index is 2.63. The number of ether oxygens (including phenoxy) is 1. The Hall–Kier alpha value is -2.34. The van der Waals surface area contributed by atoms with Gasteiger partial charge in [-0.05, 0) is 35.7 Å². The fourth-order valence-corrected chi connectivity index (χ4v) is 3.85. The highest BCUT2D eigenvalue weighted by Crippen LogP contribution is 2.35. The molecule has 0 saturated carbocycles. The van der Waals surface area contributed by atoms with Gasteiger partial charge < -0.3 is 4.74 Å². The fraction of sp³-hybridized carbons (Fsp3) is 0.278. The largest absolute Gasteiger partial charge is 0.495 e. The van der Waals surface area contributed by atoms with Crippen LogP contribution < -0.4 is 9.04 Å². The van der Waals surface area contributed by atoms with E-state index in [0.717, 1.165) is 9.87 Å². The molecule has 24 heavy (non-hydrogen) atoms. The Kier molecular flexibility index (Phi) is 5.29. The normalized spacial score (nSPS) is 11.4. The number of hydrogen-bond acceptors (Lipinski definition) is 4. The molecule has 2 aromatic rings. The van der Waals surface area contributed by atoms with E-state index in [2.05, 4.69) is 0 Å². The van der Waals surface area contributed by atoms with Crippen molar-refractivity contribution >= 4 is 21.6 Å². The highest BCUT2D eigenvalue weighted by molar-refractivity contribution is 7.93. The Labute approximate surface area is 142 Å². The van der Waals surface area contributed by atoms with Crippen molar-refractivity contribution in [3.8, 4) is 5.75 Å². The lowest BCUT2D eigenvalue weighted by atomic mass is 10.0. The second-order valence-electron chi connectivity index (χ2n) is 5.69. The standard InChI is InChI=1S/C18H21NO4S/c1-13(2)15-10-11-17(18(12-15)23-4)19(14(3)20)24(21,22)16-8-6-5-7-9-16/h5-13H,1-4H3. The van der Waals surface area contributed by atoms with E-state index in [-0.39, 0.29) is 16.5 Å². The van der Waals surface area contributed by atoms with E-state index in [9.17, 15) is 13.2 Å². The van der Waals surface area contributed by atoms with Crippen molar-refractivity contribution in [2.75, 3.05) is 11.4 Å². The van der Waals surface area contributed by atoms with Gasteiger partial charge in [-0.2, -0.15) is 4.31 Å². The van der Waals surface area contributed by atoms with Crippen molar-refractivity contribution in [1.82, 2.24) is 0 Å². The zero-order valence-corrected chi connectivity index (χ0v) is 15.0. The molecule has 6 heteroatoms. The minimum absolute atomic E-state index is 0.0511. The molecule has 0 aromatic heterocycles. The van der Waals surface area contributed by atoms with Crippen LogP contribution in [0.5, 0.6) is 5.75 Å². The Morgan fingerprint density at radius 3 is 2.21 bits per heavy atom. The molecular weight excluding hydrogens is 326 g/mol. The van der Waals surface area contributed by atoms with Crippen LogP contribution in [0.15, 0.2) is 53.4 Å². The predicted octanol–water partition coefficient (Wildman–Crippen LogP) is 3.56. The van der Waals surface area contributed by atoms with Crippen molar-refractivity contribution in [2.24, 2.45) is 0 Å². The molecule has 1 amide bonds. The number of rotatable bonds is 5. The molecule has 0 aliphatic rings. The molecule has 0 saturated heterocycles. The SMILES string of the molecule is COc1cc(C(C)C)ccc1N(C(C)=O)S(=O)(=O)c1ccccc1. The molecule has 0 radical (unpaired) electrons. The van der Waals surface area contributed by atoms with Crippen LogP contribution in [0.2, 0.25) is 0 Å². The lowest BCUT2D eigenvalue weighted by Gasteiger charge is -2.23. The molecule has 0 heterocycles. The molecule has 2 rings (SSSR count). The zero-order valence-electron chi connectivity index (χ0n) is 14.2. The third kappa shape index (κ3) is 3.43. The number of amides is 1. The summed E-state index contributed by atoms with van der Waals surface area (Å²) in [6, 6.07) is 13.0. The molecule has 2 aromatic carbocycles. The number of carbonyl (C=O) groups excluding carboxylic acids is 1. The molecule has 0 aliphatic heterocycles. The van der Waals surface area contributed by atoms with Crippen molar-refractivity contribution in [2.45, 2.75) is 31.6 Å². The minimum Gasteiger partial charge on any atom is -0.495 e. The summed E-state index contributed by atoms with van der Waals surface area (Å²) >= 11 is 0. The molecular formula is C18H21NO4S. The van der Waals surface area contributed by atoms with Gasteiger partial charge in [-0.3, -0.25) is 4.79 Å². The van der Waals surface area contributed by atoms with Crippen LogP contribution in [0.4, 0.5) is 5.69 Å². The first-order valence-electron chi connectivity index (χ1n) is 7.58. The third-order valence-corrected chi connectivity index (χ3v) is 5.46. The van der Waals surface area contributed by atoms with Gasteiger partial charge in [-0.15, -0.1) is 0 Å². The van der Waals surface area contributed by atoms with Gasteiger partial charge in [0.25, 0.3) is 10.0 Å². The van der Waals surface area contributed by atoms with Crippen LogP contribution in [0.25, 0.3) is 0 Å². The van der Waals surface area contributed by atoms with Gasteiger partial charge in [0.1, 0.15) is 11.4 Å². The lowest BCUT2D eigenvalue weighted by molar-refractivity contribution is -0.115. The van der Waals surface area contributed by atoms with E-state index in [1.54, 1.807) is 36.4 Å². The predicted molar refractivity (Wildman–Crippen MR) is 93.9 cm³/mol. The number of benzene rings is 2. The van der Waals surface area contributed by atoms with Crippen molar-refractivity contribution < 1.29 is 17.9 Å². The molecule has 0 N–H and O–H groups in total. The second-order valence-corrected chi connectivity index (χ2v) is 7.47. The first-order valence-corrected chi connectivity index (χ1v) is 9.02. The summed E-state index contributed by atoms with van der Waals surface area (Å²) in [7, 11) is -2.56. The summed E-state index contributed by atoms with van der Waals surface area (Å²) in [5.74, 6) is -0.00480. The number of methoxy groups -OCH3 is 1. The van der Waals surface area contributed by atoms with Gasteiger partial charge in [0, 0.05) is 6.92 Å². The van der Waals surface area contributed by atoms with Crippen LogP contribution in [0, 0.1) is 0 Å². The molecule has 0 bridgehead atoms. The van der Waals surface area contributed by atoms with E-state index in [0.29, 0.717) is 5.75 Å². The van der Waals surface area contributed by atoms with Crippen LogP contribution in [-0.2, 0) is 14.8 Å². The quantitative estimate of drug-likeness (QED) is 0.829. The maximum absolute atomic E-state index is 12.9. The lowest BCUT2D eigenvalue weighted by Crippen LogP contribution is -2.35. The van der Waals surface area contributed by atoms with E-state index >= 15 is 0 Å². The molecule has 0 fully saturated rings. The molecule has 0 atom stereocenters. The average molecular weight is 347 g/mol. The molecule has 0 aliphatic carbocycles. The van der Waals surface area contributed by atoms with E-state index in [1.807, 2.05) is 13.8 Å². The van der Waals surface area contributed by atoms with Crippen molar-refractivity contribution in [3.63, 3.8) is 0 Å². The zero-order chi connectivity index (χ0) is 17.9. The van der Waals surface area contributed by atoms with Crippen LogP contribution in [0.1, 0.15) is 32.3 Å². The van der Waals surface area contributed by atoms with Crippen LogP contribution in [0.3, 0.4) is 0 Å². The number of sulfonamides is 1. The first-order chi connectivity index (χ1) is 11.3. The summed E-state index contributed by atoms with van der Waals surface area (Å²) in [6.07, 6.45) is 0. The van der Waals surface area contributed by atoms with Gasteiger partial charge in [0.05, 0.1) is 12.0 Å². The Morgan fingerprint density at radius 1 is 1.08 bits per heavy atom. The first kappa shape index (κ1) is 18.0. The van der Waals surface area contributed by atoms with Crippen molar-refractivity contribution in [1.29, 1.82) is 0 Å². The average Bonchev–Trinajstić information content (AvgIpc) is 2.55. The third-order valence-electron chi connectivity index (χ3n) is 3.66. The monoisotopic (exact) mass is 347 g/mol. The maximum Gasteiger partial charge on any atom is 0.271 e. The Bertz CT molecular complexity index is 829. The summed E-state index contributed by atoms with van der Waals surface area (Å²) in [5, 5.41) is 0. The van der Waals surface area contributed by atoms with Gasteiger partial charge in [-0.25, -0.2) is 8.42 Å². The summed E-state index contributed by atoms with van der Waals surface area (Å²) in [5.41, 5.74) is 1.20. The number of anilines is 1. The molecule has 0 spiro atoms. The summed E-state index contributed by atoms with van der Waals surface area (Å²) < 4.78 is 31.9. The number of hydrogen-bond donors (Lipinski definition) is 0. The molecule has 128 valence electrons. The van der Waals surface area contributed by atoms with E-state index < -0.39 is 15.9 Å². The topological polar surface area (TPSA) is 63.7 Å². The highest BCUT2D eigenvalue weighted by Gasteiger charge is 2.31. The minimum atomic E-state index is -4.02. The number of carbonyl (C=O) groups is 1. The summed E-state index contributed by atoms with van der Waals surface area (Å²) in [6.45, 7) is 5.27. The van der Waals surface area contributed by atoms with Gasteiger partial charge >= 0.3 is 0 Å². The van der Waals surface area contributed by atoms with E-state index in [1.165, 1.54) is 26.2 Å². The Morgan fingerprint density at radius 2 is 1.71 bits per heavy atom. The van der Waals surface area contributed by atoms with Gasteiger partial charge in [-0.1, -0.05) is 38.1 Å². The summed E-state index contributed by atoms with van der Waals surface area (Å²) in [4.78, 5) is 12.2. The van der Waals surface area contributed by atoms with Crippen LogP contribution >= 0.6 is 0 Å². The van der Waals surface area contributed by atoms with Gasteiger partial charge in [0.2, 0.25) is 5.91 Å². The van der Waals surface area contributed by atoms with Crippen molar-refractivity contribution in [3.05, 3.63) is 54.1 Å². The molecule has 0 unspecified atom stereocenters. The van der Waals surface area contributed by atoms with Gasteiger partial charge in [0.15, 0.2) is 0 Å². The van der Waals surface area contributed by atoms with E-state index in [4.69, 9.17) is 4.74 Å².